The first-order valence-electron chi connectivity index (χ1n) is 4.59. The minimum Gasteiger partial charge on any atom is -0.375 e. The second-order valence-electron chi connectivity index (χ2n) is 3.12. The van der Waals surface area contributed by atoms with Gasteiger partial charge in [-0.05, 0) is 31.2 Å². The van der Waals surface area contributed by atoms with Crippen molar-refractivity contribution in [3.05, 3.63) is 29.8 Å². The highest BCUT2D eigenvalue weighted by atomic mass is 79.9. The number of anilines is 1. The molecule has 0 fully saturated rings. The van der Waals surface area contributed by atoms with Crippen LogP contribution >= 0.6 is 15.9 Å². The van der Waals surface area contributed by atoms with E-state index in [1.807, 2.05) is 31.3 Å². The van der Waals surface area contributed by atoms with Crippen molar-refractivity contribution in [3.8, 4) is 0 Å². The normalized spacial score (nSPS) is 9.93. The Morgan fingerprint density at radius 1 is 1.36 bits per heavy atom. The second kappa shape index (κ2) is 5.15. The summed E-state index contributed by atoms with van der Waals surface area (Å²) < 4.78 is 0. The van der Waals surface area contributed by atoms with E-state index in [2.05, 4.69) is 27.8 Å². The Morgan fingerprint density at radius 3 is 2.36 bits per heavy atom. The number of nitrogens with zero attached hydrogens (tertiary/aromatic N) is 1. The molecule has 1 aromatic carbocycles. The monoisotopic (exact) mass is 255 g/mol. The molecule has 0 bridgehead atoms. The lowest BCUT2D eigenvalue weighted by Gasteiger charge is -2.16. The van der Waals surface area contributed by atoms with Crippen molar-refractivity contribution < 1.29 is 4.79 Å². The van der Waals surface area contributed by atoms with Gasteiger partial charge in [0.15, 0.2) is 5.78 Å². The Morgan fingerprint density at radius 2 is 1.93 bits per heavy atom. The number of carbonyl (C=O) groups excluding carboxylic acids is 1. The number of hydrogen-bond donors (Lipinski definition) is 0. The summed E-state index contributed by atoms with van der Waals surface area (Å²) in [5.74, 6) is 0.121. The SMILES string of the molecule is CCN(C)c1ccc(C(=O)CBr)cc1. The third kappa shape index (κ3) is 2.58. The molecule has 0 saturated heterocycles. The summed E-state index contributed by atoms with van der Waals surface area (Å²) in [6.45, 7) is 3.06. The molecule has 0 spiro atoms. The van der Waals surface area contributed by atoms with Crippen LogP contribution in [-0.2, 0) is 0 Å². The molecule has 76 valence electrons. The first kappa shape index (κ1) is 11.2. The lowest BCUT2D eigenvalue weighted by atomic mass is 10.1. The summed E-state index contributed by atoms with van der Waals surface area (Å²) in [7, 11) is 2.03. The van der Waals surface area contributed by atoms with Crippen LogP contribution in [0.1, 0.15) is 17.3 Å². The predicted molar refractivity (Wildman–Crippen MR) is 63.5 cm³/mol. The summed E-state index contributed by atoms with van der Waals surface area (Å²) in [5.41, 5.74) is 1.90. The van der Waals surface area contributed by atoms with Crippen LogP contribution in [-0.4, -0.2) is 24.7 Å². The van der Waals surface area contributed by atoms with Crippen LogP contribution in [0.25, 0.3) is 0 Å². The molecule has 14 heavy (non-hydrogen) atoms. The summed E-state index contributed by atoms with van der Waals surface area (Å²) in [6.07, 6.45) is 0. The topological polar surface area (TPSA) is 20.3 Å². The van der Waals surface area contributed by atoms with E-state index in [0.29, 0.717) is 5.33 Å². The van der Waals surface area contributed by atoms with Crippen LogP contribution in [0.4, 0.5) is 5.69 Å². The first-order valence-corrected chi connectivity index (χ1v) is 5.71. The van der Waals surface area contributed by atoms with Crippen molar-refractivity contribution in [2.45, 2.75) is 6.92 Å². The molecule has 0 unspecified atom stereocenters. The van der Waals surface area contributed by atoms with E-state index in [1.54, 1.807) is 0 Å². The molecule has 0 aliphatic heterocycles. The fourth-order valence-electron chi connectivity index (χ4n) is 1.16. The number of benzene rings is 1. The van der Waals surface area contributed by atoms with E-state index < -0.39 is 0 Å². The maximum absolute atomic E-state index is 11.3. The highest BCUT2D eigenvalue weighted by Gasteiger charge is 2.04. The molecule has 0 aromatic heterocycles. The van der Waals surface area contributed by atoms with Crippen LogP contribution in [0.15, 0.2) is 24.3 Å². The van der Waals surface area contributed by atoms with Crippen molar-refractivity contribution in [1.29, 1.82) is 0 Å². The number of halogens is 1. The summed E-state index contributed by atoms with van der Waals surface area (Å²) in [5, 5.41) is 0.385. The average molecular weight is 256 g/mol. The minimum atomic E-state index is 0.121. The maximum Gasteiger partial charge on any atom is 0.173 e. The number of alkyl halides is 1. The van der Waals surface area contributed by atoms with E-state index >= 15 is 0 Å². The van der Waals surface area contributed by atoms with E-state index in [0.717, 1.165) is 17.8 Å². The zero-order valence-electron chi connectivity index (χ0n) is 8.46. The van der Waals surface area contributed by atoms with Crippen LogP contribution < -0.4 is 4.90 Å². The van der Waals surface area contributed by atoms with Crippen molar-refractivity contribution in [3.63, 3.8) is 0 Å². The Balaban J connectivity index is 2.83. The number of Topliss-reactive ketones (excluding diaryl/α,β-unsaturated/α-hetero) is 1. The Hall–Kier alpha value is -0.830. The van der Waals surface area contributed by atoms with Gasteiger partial charge in [0.2, 0.25) is 0 Å². The van der Waals surface area contributed by atoms with Crippen molar-refractivity contribution in [2.24, 2.45) is 0 Å². The molecule has 0 saturated carbocycles. The Kier molecular flexibility index (Phi) is 4.14. The molecule has 0 heterocycles. The maximum atomic E-state index is 11.3. The van der Waals surface area contributed by atoms with Gasteiger partial charge in [0, 0.05) is 24.8 Å². The highest BCUT2D eigenvalue weighted by molar-refractivity contribution is 9.09. The molecule has 1 rings (SSSR count). The van der Waals surface area contributed by atoms with E-state index in [4.69, 9.17) is 0 Å². The fourth-order valence-corrected chi connectivity index (χ4v) is 1.49. The van der Waals surface area contributed by atoms with Gasteiger partial charge >= 0.3 is 0 Å². The average Bonchev–Trinajstić information content (AvgIpc) is 2.27. The standard InChI is InChI=1S/C11H14BrNO/c1-3-13(2)10-6-4-9(5-7-10)11(14)8-12/h4-7H,3,8H2,1-2H3. The summed E-state index contributed by atoms with van der Waals surface area (Å²) in [4.78, 5) is 13.4. The van der Waals surface area contributed by atoms with Crippen LogP contribution in [0.2, 0.25) is 0 Å². The second-order valence-corrected chi connectivity index (χ2v) is 3.68. The van der Waals surface area contributed by atoms with Gasteiger partial charge in [-0.15, -0.1) is 0 Å². The third-order valence-electron chi connectivity index (χ3n) is 2.23. The molecule has 0 N–H and O–H groups in total. The number of carbonyl (C=O) groups is 1. The molecule has 0 radical (unpaired) electrons. The Labute approximate surface area is 93.0 Å². The summed E-state index contributed by atoms with van der Waals surface area (Å²) >= 11 is 3.15. The smallest absolute Gasteiger partial charge is 0.173 e. The van der Waals surface area contributed by atoms with Gasteiger partial charge < -0.3 is 4.90 Å². The minimum absolute atomic E-state index is 0.121. The van der Waals surface area contributed by atoms with E-state index in [1.165, 1.54) is 0 Å². The van der Waals surface area contributed by atoms with Gasteiger partial charge in [0.1, 0.15) is 0 Å². The Bertz CT molecular complexity index is 308. The number of rotatable bonds is 4. The fraction of sp³-hybridized carbons (Fsp3) is 0.364. The molecular weight excluding hydrogens is 242 g/mol. The predicted octanol–water partition coefficient (Wildman–Crippen LogP) is 2.72. The molecule has 3 heteroatoms. The quantitative estimate of drug-likeness (QED) is 0.609. The van der Waals surface area contributed by atoms with Gasteiger partial charge in [0.25, 0.3) is 0 Å². The van der Waals surface area contributed by atoms with E-state index in [-0.39, 0.29) is 5.78 Å². The molecule has 0 atom stereocenters. The van der Waals surface area contributed by atoms with Gasteiger partial charge in [-0.2, -0.15) is 0 Å². The van der Waals surface area contributed by atoms with Crippen LogP contribution in [0, 0.1) is 0 Å². The van der Waals surface area contributed by atoms with E-state index in [9.17, 15) is 4.79 Å². The van der Waals surface area contributed by atoms with Crippen LogP contribution in [0.3, 0.4) is 0 Å². The highest BCUT2D eigenvalue weighted by Crippen LogP contribution is 2.14. The van der Waals surface area contributed by atoms with Crippen molar-refractivity contribution in [2.75, 3.05) is 23.8 Å². The van der Waals surface area contributed by atoms with Gasteiger partial charge in [-0.3, -0.25) is 4.79 Å². The van der Waals surface area contributed by atoms with Crippen LogP contribution in [0.5, 0.6) is 0 Å². The summed E-state index contributed by atoms with van der Waals surface area (Å²) in [6, 6.07) is 7.68. The third-order valence-corrected chi connectivity index (χ3v) is 2.74. The molecule has 2 nitrogen and oxygen atoms in total. The molecule has 0 aliphatic carbocycles. The molecule has 0 amide bonds. The number of ketones is 1. The number of hydrogen-bond acceptors (Lipinski definition) is 2. The molecule has 1 aromatic rings. The van der Waals surface area contributed by atoms with Crippen molar-refractivity contribution in [1.82, 2.24) is 0 Å². The lowest BCUT2D eigenvalue weighted by molar-refractivity contribution is 0.102. The zero-order valence-corrected chi connectivity index (χ0v) is 10.0. The van der Waals surface area contributed by atoms with Gasteiger partial charge in [-0.1, -0.05) is 15.9 Å². The van der Waals surface area contributed by atoms with Gasteiger partial charge in [0.05, 0.1) is 5.33 Å². The molecular formula is C11H14BrNO. The van der Waals surface area contributed by atoms with Gasteiger partial charge in [-0.25, -0.2) is 0 Å². The zero-order chi connectivity index (χ0) is 10.6. The molecule has 0 aliphatic rings. The lowest BCUT2D eigenvalue weighted by Crippen LogP contribution is -2.15. The first-order chi connectivity index (χ1) is 6.69. The van der Waals surface area contributed by atoms with Crippen molar-refractivity contribution >= 4 is 27.4 Å². The largest absolute Gasteiger partial charge is 0.375 e.